The summed E-state index contributed by atoms with van der Waals surface area (Å²) in [5.41, 5.74) is 2.20. The molecule has 2 aromatic rings. The highest BCUT2D eigenvalue weighted by atomic mass is 16.5. The number of amides is 1. The van der Waals surface area contributed by atoms with Gasteiger partial charge in [0.25, 0.3) is 0 Å². The summed E-state index contributed by atoms with van der Waals surface area (Å²) in [4.78, 5) is 20.8. The summed E-state index contributed by atoms with van der Waals surface area (Å²) >= 11 is 0. The van der Waals surface area contributed by atoms with E-state index >= 15 is 0 Å². The molecule has 162 valence electrons. The number of hydrogen-bond donors (Lipinski definition) is 2. The fourth-order valence-electron chi connectivity index (χ4n) is 3.41. The van der Waals surface area contributed by atoms with E-state index in [9.17, 15) is 4.79 Å². The van der Waals surface area contributed by atoms with Crippen molar-refractivity contribution >= 4 is 11.9 Å². The summed E-state index contributed by atoms with van der Waals surface area (Å²) in [7, 11) is 3.43. The van der Waals surface area contributed by atoms with Gasteiger partial charge in [-0.3, -0.25) is 14.7 Å². The van der Waals surface area contributed by atoms with Crippen molar-refractivity contribution in [3.63, 3.8) is 0 Å². The lowest BCUT2D eigenvalue weighted by molar-refractivity contribution is -0.122. The van der Waals surface area contributed by atoms with Gasteiger partial charge in [-0.05, 0) is 23.8 Å². The van der Waals surface area contributed by atoms with Crippen LogP contribution in [0.3, 0.4) is 0 Å². The first-order valence-corrected chi connectivity index (χ1v) is 10.2. The number of carbonyl (C=O) groups is 1. The Morgan fingerprint density at radius 3 is 2.73 bits per heavy atom. The summed E-state index contributed by atoms with van der Waals surface area (Å²) < 4.78 is 6.81. The van der Waals surface area contributed by atoms with E-state index in [0.717, 1.165) is 43.4 Å². The molecule has 0 spiro atoms. The van der Waals surface area contributed by atoms with Crippen LogP contribution < -0.4 is 10.6 Å². The predicted octanol–water partition coefficient (Wildman–Crippen LogP) is 0.328. The number of aromatic nitrogens is 2. The lowest BCUT2D eigenvalue weighted by Gasteiger charge is -2.36. The first kappa shape index (κ1) is 21.8. The van der Waals surface area contributed by atoms with E-state index in [-0.39, 0.29) is 5.91 Å². The Kier molecular flexibility index (Phi) is 8.22. The van der Waals surface area contributed by atoms with Gasteiger partial charge in [0.05, 0.1) is 18.8 Å². The van der Waals surface area contributed by atoms with Crippen LogP contribution in [0.2, 0.25) is 0 Å². The molecule has 0 saturated carbocycles. The maximum atomic E-state index is 12.0. The van der Waals surface area contributed by atoms with Crippen molar-refractivity contribution in [2.75, 3.05) is 60.0 Å². The second-order valence-corrected chi connectivity index (χ2v) is 7.13. The average molecular weight is 414 g/mol. The van der Waals surface area contributed by atoms with Crippen LogP contribution in [-0.4, -0.2) is 91.5 Å². The highest BCUT2D eigenvalue weighted by Gasteiger charge is 2.21. The molecule has 1 fully saturated rings. The Labute approximate surface area is 177 Å². The van der Waals surface area contributed by atoms with Crippen molar-refractivity contribution in [1.29, 1.82) is 0 Å². The summed E-state index contributed by atoms with van der Waals surface area (Å²) in [6, 6.07) is 10.2. The smallest absolute Gasteiger partial charge is 0.234 e. The molecule has 2 N–H and O–H groups in total. The number of guanidine groups is 1. The molecule has 9 heteroatoms. The number of benzene rings is 1. The van der Waals surface area contributed by atoms with Crippen molar-refractivity contribution in [2.45, 2.75) is 6.54 Å². The zero-order chi connectivity index (χ0) is 21.2. The zero-order valence-corrected chi connectivity index (χ0v) is 17.8. The van der Waals surface area contributed by atoms with Gasteiger partial charge in [0.1, 0.15) is 0 Å². The maximum absolute atomic E-state index is 12.0. The van der Waals surface area contributed by atoms with Gasteiger partial charge in [-0.1, -0.05) is 12.1 Å². The molecule has 1 aliphatic rings. The highest BCUT2D eigenvalue weighted by molar-refractivity contribution is 5.80. The van der Waals surface area contributed by atoms with Crippen molar-refractivity contribution in [3.05, 3.63) is 48.3 Å². The lowest BCUT2D eigenvalue weighted by atomic mass is 10.2. The quantitative estimate of drug-likeness (QED) is 0.368. The molecule has 30 heavy (non-hydrogen) atoms. The van der Waals surface area contributed by atoms with Gasteiger partial charge >= 0.3 is 0 Å². The van der Waals surface area contributed by atoms with Crippen molar-refractivity contribution in [2.24, 2.45) is 4.99 Å². The van der Waals surface area contributed by atoms with E-state index in [1.54, 1.807) is 20.4 Å². The predicted molar refractivity (Wildman–Crippen MR) is 117 cm³/mol. The Bertz CT molecular complexity index is 815. The third-order valence-corrected chi connectivity index (χ3v) is 5.01. The number of ether oxygens (including phenoxy) is 1. The molecule has 1 aliphatic heterocycles. The van der Waals surface area contributed by atoms with Crippen LogP contribution in [-0.2, 0) is 16.1 Å². The third kappa shape index (κ3) is 6.30. The molecule has 1 aromatic heterocycles. The summed E-state index contributed by atoms with van der Waals surface area (Å²) in [6.07, 6.45) is 3.71. The zero-order valence-electron chi connectivity index (χ0n) is 17.8. The van der Waals surface area contributed by atoms with Gasteiger partial charge < -0.3 is 20.3 Å². The molecule has 1 amide bonds. The van der Waals surface area contributed by atoms with Crippen LogP contribution >= 0.6 is 0 Å². The Morgan fingerprint density at radius 2 is 2.03 bits per heavy atom. The molecule has 1 saturated heterocycles. The summed E-state index contributed by atoms with van der Waals surface area (Å²) in [5, 5.41) is 10.6. The molecule has 2 heterocycles. The van der Waals surface area contributed by atoms with Crippen LogP contribution in [0.1, 0.15) is 5.56 Å². The largest absolute Gasteiger partial charge is 0.383 e. The SMILES string of the molecule is CN=C(NCc1cccc(-n2cccn2)c1)N1CCN(CC(=O)NCCOC)CC1. The van der Waals surface area contributed by atoms with Crippen molar-refractivity contribution in [1.82, 2.24) is 30.2 Å². The Morgan fingerprint density at radius 1 is 1.20 bits per heavy atom. The molecule has 0 aliphatic carbocycles. The van der Waals surface area contributed by atoms with Crippen LogP contribution in [0.25, 0.3) is 5.69 Å². The van der Waals surface area contributed by atoms with Gasteiger partial charge in [-0.2, -0.15) is 5.10 Å². The monoisotopic (exact) mass is 413 g/mol. The molecule has 0 bridgehead atoms. The van der Waals surface area contributed by atoms with E-state index in [1.807, 2.05) is 29.1 Å². The molecule has 9 nitrogen and oxygen atoms in total. The molecular weight excluding hydrogens is 382 g/mol. The fourth-order valence-corrected chi connectivity index (χ4v) is 3.41. The number of nitrogens with zero attached hydrogens (tertiary/aromatic N) is 5. The van der Waals surface area contributed by atoms with Gasteiger partial charge in [-0.25, -0.2) is 4.68 Å². The topological polar surface area (TPSA) is 87.0 Å². The molecule has 0 unspecified atom stereocenters. The fraction of sp³-hybridized carbons (Fsp3) is 0.476. The average Bonchev–Trinajstić information content (AvgIpc) is 3.31. The first-order chi connectivity index (χ1) is 14.7. The van der Waals surface area contributed by atoms with E-state index in [1.165, 1.54) is 0 Å². The minimum absolute atomic E-state index is 0.0417. The van der Waals surface area contributed by atoms with Gasteiger partial charge in [0.15, 0.2) is 5.96 Å². The van der Waals surface area contributed by atoms with Gasteiger partial charge in [0, 0.05) is 65.8 Å². The van der Waals surface area contributed by atoms with Crippen molar-refractivity contribution in [3.8, 4) is 5.69 Å². The first-order valence-electron chi connectivity index (χ1n) is 10.2. The standard InChI is InChI=1S/C21H31N7O2/c1-22-21(24-16-18-5-3-6-19(15-18)28-9-4-7-25-28)27-12-10-26(11-13-27)17-20(29)23-8-14-30-2/h3-7,9,15H,8,10-14,16-17H2,1-2H3,(H,22,24)(H,23,29). The van der Waals surface area contributed by atoms with Gasteiger partial charge in [0.2, 0.25) is 5.91 Å². The number of piperazine rings is 1. The van der Waals surface area contributed by atoms with Gasteiger partial charge in [-0.15, -0.1) is 0 Å². The number of hydrogen-bond acceptors (Lipinski definition) is 5. The Balaban J connectivity index is 1.45. The maximum Gasteiger partial charge on any atom is 0.234 e. The second-order valence-electron chi connectivity index (χ2n) is 7.13. The number of nitrogens with one attached hydrogen (secondary N) is 2. The molecule has 3 rings (SSSR count). The number of rotatable bonds is 8. The molecular formula is C21H31N7O2. The Hall–Kier alpha value is -2.91. The second kappa shape index (κ2) is 11.3. The third-order valence-electron chi connectivity index (χ3n) is 5.01. The van der Waals surface area contributed by atoms with E-state index in [4.69, 9.17) is 4.74 Å². The number of aliphatic imine (C=N–C) groups is 1. The van der Waals surface area contributed by atoms with Crippen LogP contribution in [0.5, 0.6) is 0 Å². The molecule has 0 atom stereocenters. The van der Waals surface area contributed by atoms with E-state index in [2.05, 4.69) is 42.7 Å². The van der Waals surface area contributed by atoms with Crippen molar-refractivity contribution < 1.29 is 9.53 Å². The summed E-state index contributed by atoms with van der Waals surface area (Å²) in [5.74, 6) is 0.920. The molecule has 0 radical (unpaired) electrons. The number of carbonyl (C=O) groups excluding carboxylic acids is 1. The van der Waals surface area contributed by atoms with E-state index < -0.39 is 0 Å². The van der Waals surface area contributed by atoms with Crippen LogP contribution in [0.4, 0.5) is 0 Å². The summed E-state index contributed by atoms with van der Waals surface area (Å²) in [6.45, 7) is 5.50. The normalized spacial score (nSPS) is 15.3. The van der Waals surface area contributed by atoms with Crippen LogP contribution in [0, 0.1) is 0 Å². The minimum atomic E-state index is 0.0417. The highest BCUT2D eigenvalue weighted by Crippen LogP contribution is 2.10. The minimum Gasteiger partial charge on any atom is -0.383 e. The number of methoxy groups -OCH3 is 1. The van der Waals surface area contributed by atoms with Crippen LogP contribution in [0.15, 0.2) is 47.7 Å². The van der Waals surface area contributed by atoms with E-state index in [0.29, 0.717) is 26.2 Å². The molecule has 1 aromatic carbocycles. The lowest BCUT2D eigenvalue weighted by Crippen LogP contribution is -2.54.